The van der Waals surface area contributed by atoms with Crippen LogP contribution in [0.5, 0.6) is 0 Å². The Kier molecular flexibility index (Phi) is 58.9. The number of aliphatic hydroxyl groups excluding tert-OH is 1. The van der Waals surface area contributed by atoms with E-state index in [9.17, 15) is 19.4 Å². The predicted octanol–water partition coefficient (Wildman–Crippen LogP) is 21.4. The van der Waals surface area contributed by atoms with E-state index in [2.05, 4.69) is 67.8 Å². The number of quaternary nitrogens is 1. The smallest absolute Gasteiger partial charge is 0.391 e. The van der Waals surface area contributed by atoms with E-state index in [4.69, 9.17) is 9.05 Å². The van der Waals surface area contributed by atoms with Gasteiger partial charge in [0, 0.05) is 6.42 Å². The van der Waals surface area contributed by atoms with Crippen molar-refractivity contribution in [1.29, 1.82) is 0 Å². The Labute approximate surface area is 486 Å². The molecule has 0 aromatic rings. The number of likely N-dealkylation sites (N-methyl/N-ethyl adjacent to an activating group) is 1. The summed E-state index contributed by atoms with van der Waals surface area (Å²) in [5.74, 6) is -0.146. The fourth-order valence-corrected chi connectivity index (χ4v) is 11.1. The van der Waals surface area contributed by atoms with Crippen LogP contribution in [0.2, 0.25) is 0 Å². The average Bonchev–Trinajstić information content (AvgIpc) is 3.41. The Balaban J connectivity index is 4.01. The molecular weight excluding hydrogens is 984 g/mol. The van der Waals surface area contributed by atoms with Crippen molar-refractivity contribution < 1.29 is 32.9 Å². The molecule has 0 rings (SSSR count). The number of carbonyl (C=O) groups excluding carboxylic acids is 1. The summed E-state index contributed by atoms with van der Waals surface area (Å²) in [5, 5.41) is 14.1. The quantitative estimate of drug-likeness (QED) is 0.0243. The maximum absolute atomic E-state index is 13.1. The Bertz CT molecular complexity index is 1410. The third-order valence-electron chi connectivity index (χ3n) is 15.6. The third kappa shape index (κ3) is 62.1. The Hall–Kier alpha value is -1.54. The van der Waals surface area contributed by atoms with Crippen molar-refractivity contribution in [1.82, 2.24) is 5.32 Å². The van der Waals surface area contributed by atoms with Gasteiger partial charge in [-0.3, -0.25) is 13.8 Å². The van der Waals surface area contributed by atoms with E-state index in [0.29, 0.717) is 23.9 Å². The molecule has 0 saturated heterocycles. The zero-order chi connectivity index (χ0) is 57.0. The van der Waals surface area contributed by atoms with Gasteiger partial charge in [0.1, 0.15) is 13.2 Å². The van der Waals surface area contributed by atoms with Gasteiger partial charge in [-0.25, -0.2) is 4.57 Å². The molecule has 78 heavy (non-hydrogen) atoms. The minimum atomic E-state index is -4.33. The van der Waals surface area contributed by atoms with E-state index < -0.39 is 20.0 Å². The van der Waals surface area contributed by atoms with Crippen LogP contribution in [0.3, 0.4) is 0 Å². The standard InChI is InChI=1S/C69H133N2O6P/c1-6-8-10-12-14-16-18-20-22-24-26-28-30-31-32-33-34-35-36-37-38-39-41-42-44-46-48-50-52-54-56-58-60-62-68(72)67(66-77-78(74,75)76-65-64-71(3,4)5)70-69(73)63-61-59-57-55-53-51-49-47-45-43-40-29-27-25-23-21-19-17-15-13-11-9-7-2/h9,11,15,17,21,23,27,29,67-68,72H,6-8,10,12-14,16,18-20,22,24-26,28,30-66H2,1-5H3,(H-,70,73,74,75)/p+1/b11-9-,17-15-,23-21-,29-27-. The second-order valence-electron chi connectivity index (χ2n) is 24.5. The molecule has 0 aliphatic carbocycles. The molecule has 0 fully saturated rings. The SMILES string of the molecule is CC/C=C\C/C=C\C/C=C\C/C=C\CCCCCCCCCCCCC(=O)NC(COP(=O)(O)OCC[N+](C)(C)C)C(O)CCCCCCCCCCCCCCCCCCCCCCCCCCCCCCCCCCC. The summed E-state index contributed by atoms with van der Waals surface area (Å²) >= 11 is 0. The van der Waals surface area contributed by atoms with Gasteiger partial charge in [0.15, 0.2) is 0 Å². The lowest BCUT2D eigenvalue weighted by Crippen LogP contribution is -2.46. The molecule has 0 aliphatic rings. The van der Waals surface area contributed by atoms with E-state index in [-0.39, 0.29) is 19.1 Å². The van der Waals surface area contributed by atoms with Crippen LogP contribution in [-0.2, 0) is 18.4 Å². The zero-order valence-electron chi connectivity index (χ0n) is 52.7. The number of hydrogen-bond donors (Lipinski definition) is 3. The topological polar surface area (TPSA) is 105 Å². The van der Waals surface area contributed by atoms with E-state index in [0.717, 1.165) is 64.2 Å². The van der Waals surface area contributed by atoms with Crippen LogP contribution in [0.1, 0.15) is 335 Å². The molecule has 0 aliphatic heterocycles. The van der Waals surface area contributed by atoms with Gasteiger partial charge in [-0.2, -0.15) is 0 Å². The van der Waals surface area contributed by atoms with Crippen molar-refractivity contribution in [2.75, 3.05) is 40.9 Å². The number of unbranched alkanes of at least 4 members (excludes halogenated alkanes) is 42. The average molecular weight is 1120 g/mol. The number of carbonyl (C=O) groups is 1. The molecule has 1 amide bonds. The molecule has 0 spiro atoms. The van der Waals surface area contributed by atoms with Crippen molar-refractivity contribution in [2.24, 2.45) is 0 Å². The first-order valence-electron chi connectivity index (χ1n) is 34.0. The number of hydrogen-bond acceptors (Lipinski definition) is 5. The number of nitrogens with zero attached hydrogens (tertiary/aromatic N) is 1. The number of phosphoric ester groups is 1. The minimum Gasteiger partial charge on any atom is -0.391 e. The molecular formula is C69H134N2O6P+. The summed E-state index contributed by atoms with van der Waals surface area (Å²) in [6.45, 7) is 4.82. The first kappa shape index (κ1) is 76.5. The van der Waals surface area contributed by atoms with Crippen LogP contribution in [0.15, 0.2) is 48.6 Å². The molecule has 0 heterocycles. The minimum absolute atomic E-state index is 0.0732. The molecule has 0 aromatic heterocycles. The fraction of sp³-hybridized carbons (Fsp3) is 0.870. The number of amides is 1. The highest BCUT2D eigenvalue weighted by atomic mass is 31.2. The molecule has 9 heteroatoms. The van der Waals surface area contributed by atoms with Gasteiger partial charge < -0.3 is 19.8 Å². The number of allylic oxidation sites excluding steroid dienone is 8. The van der Waals surface area contributed by atoms with Crippen molar-refractivity contribution in [2.45, 2.75) is 347 Å². The summed E-state index contributed by atoms with van der Waals surface area (Å²) in [6, 6.07) is -0.766. The summed E-state index contributed by atoms with van der Waals surface area (Å²) < 4.78 is 23.9. The van der Waals surface area contributed by atoms with Gasteiger partial charge in [0.25, 0.3) is 0 Å². The third-order valence-corrected chi connectivity index (χ3v) is 16.6. The molecule has 0 radical (unpaired) electrons. The van der Waals surface area contributed by atoms with E-state index in [1.165, 1.54) is 244 Å². The lowest BCUT2D eigenvalue weighted by molar-refractivity contribution is -0.870. The molecule has 3 N–H and O–H groups in total. The molecule has 3 unspecified atom stereocenters. The van der Waals surface area contributed by atoms with E-state index in [1.54, 1.807) is 0 Å². The van der Waals surface area contributed by atoms with Crippen LogP contribution in [0.4, 0.5) is 0 Å². The lowest BCUT2D eigenvalue weighted by atomic mass is 10.0. The summed E-state index contributed by atoms with van der Waals surface area (Å²) in [7, 11) is 1.62. The summed E-state index contributed by atoms with van der Waals surface area (Å²) in [5.41, 5.74) is 0. The first-order chi connectivity index (χ1) is 38.0. The monoisotopic (exact) mass is 1120 g/mol. The summed E-state index contributed by atoms with van der Waals surface area (Å²) in [4.78, 5) is 23.4. The molecule has 0 saturated carbocycles. The zero-order valence-corrected chi connectivity index (χ0v) is 53.6. The maximum Gasteiger partial charge on any atom is 0.472 e. The largest absolute Gasteiger partial charge is 0.472 e. The van der Waals surface area contributed by atoms with Crippen molar-refractivity contribution in [3.63, 3.8) is 0 Å². The molecule has 3 atom stereocenters. The van der Waals surface area contributed by atoms with Crippen LogP contribution >= 0.6 is 7.82 Å². The molecule has 460 valence electrons. The van der Waals surface area contributed by atoms with Crippen LogP contribution in [0.25, 0.3) is 0 Å². The van der Waals surface area contributed by atoms with E-state index in [1.807, 2.05) is 21.1 Å². The Morgan fingerprint density at radius 1 is 0.449 bits per heavy atom. The van der Waals surface area contributed by atoms with E-state index >= 15 is 0 Å². The first-order valence-corrected chi connectivity index (χ1v) is 35.5. The molecule has 0 bridgehead atoms. The van der Waals surface area contributed by atoms with Crippen molar-refractivity contribution >= 4 is 13.7 Å². The number of aliphatic hydroxyl groups is 1. The number of rotatable bonds is 63. The highest BCUT2D eigenvalue weighted by Gasteiger charge is 2.28. The molecule has 0 aromatic carbocycles. The normalized spacial score (nSPS) is 14.0. The van der Waals surface area contributed by atoms with Gasteiger partial charge >= 0.3 is 7.82 Å². The predicted molar refractivity (Wildman–Crippen MR) is 341 cm³/mol. The Morgan fingerprint density at radius 2 is 0.769 bits per heavy atom. The lowest BCUT2D eigenvalue weighted by Gasteiger charge is -2.26. The number of nitrogens with one attached hydrogen (secondary N) is 1. The van der Waals surface area contributed by atoms with Crippen LogP contribution in [0, 0.1) is 0 Å². The van der Waals surface area contributed by atoms with Gasteiger partial charge in [-0.15, -0.1) is 0 Å². The summed E-state index contributed by atoms with van der Waals surface area (Å²) in [6.07, 6.45) is 80.7. The Morgan fingerprint density at radius 3 is 1.13 bits per heavy atom. The van der Waals surface area contributed by atoms with Crippen molar-refractivity contribution in [3.05, 3.63) is 48.6 Å². The maximum atomic E-state index is 13.1. The van der Waals surface area contributed by atoms with Crippen LogP contribution in [-0.4, -0.2) is 73.4 Å². The van der Waals surface area contributed by atoms with Crippen molar-refractivity contribution in [3.8, 4) is 0 Å². The molecule has 8 nitrogen and oxygen atoms in total. The van der Waals surface area contributed by atoms with Gasteiger partial charge in [0.05, 0.1) is 39.9 Å². The van der Waals surface area contributed by atoms with Gasteiger partial charge in [-0.1, -0.05) is 326 Å². The number of phosphoric acid groups is 1. The van der Waals surface area contributed by atoms with Gasteiger partial charge in [-0.05, 0) is 51.4 Å². The second-order valence-corrected chi connectivity index (χ2v) is 26.0. The highest BCUT2D eigenvalue weighted by Crippen LogP contribution is 2.43. The second kappa shape index (κ2) is 60.1. The fourth-order valence-electron chi connectivity index (χ4n) is 10.3. The van der Waals surface area contributed by atoms with Crippen LogP contribution < -0.4 is 5.32 Å². The van der Waals surface area contributed by atoms with Gasteiger partial charge in [0.2, 0.25) is 5.91 Å². The highest BCUT2D eigenvalue weighted by molar-refractivity contribution is 7.47.